The van der Waals surface area contributed by atoms with Gasteiger partial charge in [0.2, 0.25) is 5.91 Å². The molecule has 4 heteroatoms. The van der Waals surface area contributed by atoms with Crippen LogP contribution in [0.15, 0.2) is 0 Å². The maximum atomic E-state index is 10.8. The minimum Gasteiger partial charge on any atom is -0.481 e. The Labute approximate surface area is 83.7 Å². The number of amides is 1. The van der Waals surface area contributed by atoms with Gasteiger partial charge in [0.1, 0.15) is 0 Å². The normalized spacial score (nSPS) is 26.9. The third kappa shape index (κ3) is 3.77. The fourth-order valence-electron chi connectivity index (χ4n) is 2.05. The molecule has 2 N–H and O–H groups in total. The number of nitrogens with one attached hydrogen (secondary N) is 1. The number of carbonyl (C=O) groups is 2. The molecule has 0 radical (unpaired) electrons. The first-order chi connectivity index (χ1) is 6.58. The summed E-state index contributed by atoms with van der Waals surface area (Å²) in [5, 5.41) is 11.5. The Morgan fingerprint density at radius 3 is 2.29 bits per heavy atom. The van der Waals surface area contributed by atoms with E-state index < -0.39 is 5.97 Å². The van der Waals surface area contributed by atoms with Crippen LogP contribution in [0.5, 0.6) is 0 Å². The van der Waals surface area contributed by atoms with Crippen LogP contribution in [0.25, 0.3) is 0 Å². The molecule has 1 rings (SSSR count). The van der Waals surface area contributed by atoms with Crippen molar-refractivity contribution in [3.8, 4) is 0 Å². The van der Waals surface area contributed by atoms with Crippen molar-refractivity contribution >= 4 is 11.9 Å². The van der Waals surface area contributed by atoms with E-state index in [-0.39, 0.29) is 18.4 Å². The summed E-state index contributed by atoms with van der Waals surface area (Å²) in [6.07, 6.45) is 3.93. The van der Waals surface area contributed by atoms with Crippen LogP contribution in [0.1, 0.15) is 39.0 Å². The number of hydrogen-bond donors (Lipinski definition) is 2. The molecule has 0 bridgehead atoms. The molecule has 0 unspecified atom stereocenters. The van der Waals surface area contributed by atoms with E-state index in [0.717, 1.165) is 25.7 Å². The van der Waals surface area contributed by atoms with Crippen LogP contribution in [0.4, 0.5) is 0 Å². The third-order valence-corrected chi connectivity index (χ3v) is 2.72. The molecular formula is C10H17NO3. The van der Waals surface area contributed by atoms with Crippen molar-refractivity contribution in [2.45, 2.75) is 45.1 Å². The second-order valence-electron chi connectivity index (χ2n) is 4.02. The molecular weight excluding hydrogens is 182 g/mol. The van der Waals surface area contributed by atoms with Gasteiger partial charge in [-0.2, -0.15) is 0 Å². The van der Waals surface area contributed by atoms with Crippen molar-refractivity contribution in [3.05, 3.63) is 0 Å². The summed E-state index contributed by atoms with van der Waals surface area (Å²) in [6, 6.07) is 0.262. The fourth-order valence-corrected chi connectivity index (χ4v) is 2.05. The van der Waals surface area contributed by atoms with Crippen molar-refractivity contribution in [3.63, 3.8) is 0 Å². The van der Waals surface area contributed by atoms with E-state index >= 15 is 0 Å². The molecule has 0 spiro atoms. The molecule has 1 aliphatic rings. The summed E-state index contributed by atoms with van der Waals surface area (Å²) >= 11 is 0. The number of carboxylic acid groups (broad SMARTS) is 1. The van der Waals surface area contributed by atoms with Crippen molar-refractivity contribution in [2.24, 2.45) is 5.92 Å². The SMILES string of the molecule is CC(=O)NC1CCC(CC(=O)O)CC1. The monoisotopic (exact) mass is 199 g/mol. The molecule has 1 amide bonds. The second-order valence-corrected chi connectivity index (χ2v) is 4.02. The summed E-state index contributed by atoms with van der Waals surface area (Å²) in [4.78, 5) is 21.2. The van der Waals surface area contributed by atoms with E-state index in [2.05, 4.69) is 5.32 Å². The van der Waals surface area contributed by atoms with E-state index in [9.17, 15) is 9.59 Å². The lowest BCUT2D eigenvalue weighted by Gasteiger charge is -2.27. The molecule has 0 saturated heterocycles. The second kappa shape index (κ2) is 4.98. The summed E-state index contributed by atoms with van der Waals surface area (Å²) in [5.74, 6) is -0.405. The number of aliphatic carboxylic acids is 1. The lowest BCUT2D eigenvalue weighted by atomic mass is 9.84. The molecule has 1 fully saturated rings. The number of carbonyl (C=O) groups excluding carboxylic acids is 1. The molecule has 4 nitrogen and oxygen atoms in total. The minimum atomic E-state index is -0.715. The predicted molar refractivity (Wildman–Crippen MR) is 51.8 cm³/mol. The van der Waals surface area contributed by atoms with Crippen LogP contribution in [-0.4, -0.2) is 23.0 Å². The highest BCUT2D eigenvalue weighted by Crippen LogP contribution is 2.26. The van der Waals surface area contributed by atoms with Crippen molar-refractivity contribution in [1.29, 1.82) is 0 Å². The van der Waals surface area contributed by atoms with Gasteiger partial charge in [0.05, 0.1) is 0 Å². The van der Waals surface area contributed by atoms with E-state index in [1.165, 1.54) is 6.92 Å². The van der Waals surface area contributed by atoms with Crippen LogP contribution in [0.2, 0.25) is 0 Å². The molecule has 0 aromatic rings. The predicted octanol–water partition coefficient (Wildman–Crippen LogP) is 1.16. The smallest absolute Gasteiger partial charge is 0.303 e. The zero-order chi connectivity index (χ0) is 10.6. The number of hydrogen-bond acceptors (Lipinski definition) is 2. The van der Waals surface area contributed by atoms with E-state index in [0.29, 0.717) is 5.92 Å². The van der Waals surface area contributed by atoms with Crippen molar-refractivity contribution in [1.82, 2.24) is 5.32 Å². The van der Waals surface area contributed by atoms with Crippen molar-refractivity contribution in [2.75, 3.05) is 0 Å². The lowest BCUT2D eigenvalue weighted by molar-refractivity contribution is -0.138. The molecule has 80 valence electrons. The Morgan fingerprint density at radius 1 is 1.29 bits per heavy atom. The molecule has 0 heterocycles. The molecule has 0 aromatic heterocycles. The summed E-state index contributed by atoms with van der Waals surface area (Å²) < 4.78 is 0. The van der Waals surface area contributed by atoms with E-state index in [1.807, 2.05) is 0 Å². The largest absolute Gasteiger partial charge is 0.481 e. The molecule has 0 aromatic carbocycles. The molecule has 1 saturated carbocycles. The van der Waals surface area contributed by atoms with Gasteiger partial charge in [0, 0.05) is 19.4 Å². The molecule has 0 aliphatic heterocycles. The summed E-state index contributed by atoms with van der Waals surface area (Å²) in [5.41, 5.74) is 0. The van der Waals surface area contributed by atoms with Gasteiger partial charge in [-0.15, -0.1) is 0 Å². The van der Waals surface area contributed by atoms with Crippen LogP contribution in [-0.2, 0) is 9.59 Å². The zero-order valence-electron chi connectivity index (χ0n) is 8.45. The van der Waals surface area contributed by atoms with E-state index in [4.69, 9.17) is 5.11 Å². The average Bonchev–Trinajstić information content (AvgIpc) is 2.06. The highest BCUT2D eigenvalue weighted by molar-refractivity contribution is 5.73. The van der Waals surface area contributed by atoms with Crippen molar-refractivity contribution < 1.29 is 14.7 Å². The van der Waals surface area contributed by atoms with Gasteiger partial charge in [-0.25, -0.2) is 0 Å². The van der Waals surface area contributed by atoms with Crippen LogP contribution < -0.4 is 5.32 Å². The van der Waals surface area contributed by atoms with Gasteiger partial charge in [0.15, 0.2) is 0 Å². The maximum absolute atomic E-state index is 10.8. The van der Waals surface area contributed by atoms with Gasteiger partial charge < -0.3 is 10.4 Å². The Hall–Kier alpha value is -1.06. The molecule has 1 aliphatic carbocycles. The first-order valence-electron chi connectivity index (χ1n) is 5.07. The van der Waals surface area contributed by atoms with E-state index in [1.54, 1.807) is 0 Å². The van der Waals surface area contributed by atoms with Crippen LogP contribution in [0.3, 0.4) is 0 Å². The maximum Gasteiger partial charge on any atom is 0.303 e. The summed E-state index contributed by atoms with van der Waals surface area (Å²) in [6.45, 7) is 1.52. The van der Waals surface area contributed by atoms with Crippen LogP contribution in [0, 0.1) is 5.92 Å². The molecule has 0 atom stereocenters. The van der Waals surface area contributed by atoms with Gasteiger partial charge in [-0.1, -0.05) is 0 Å². The zero-order valence-corrected chi connectivity index (χ0v) is 8.45. The highest BCUT2D eigenvalue weighted by atomic mass is 16.4. The number of rotatable bonds is 3. The summed E-state index contributed by atoms with van der Waals surface area (Å²) in [7, 11) is 0. The first kappa shape index (κ1) is 11.0. The highest BCUT2D eigenvalue weighted by Gasteiger charge is 2.22. The standard InChI is InChI=1S/C10H17NO3/c1-7(12)11-9-4-2-8(3-5-9)6-10(13)14/h8-9H,2-6H2,1H3,(H,11,12)(H,13,14). The topological polar surface area (TPSA) is 66.4 Å². The van der Waals surface area contributed by atoms with Gasteiger partial charge in [-0.3, -0.25) is 9.59 Å². The van der Waals surface area contributed by atoms with Gasteiger partial charge >= 0.3 is 5.97 Å². The fraction of sp³-hybridized carbons (Fsp3) is 0.800. The minimum absolute atomic E-state index is 0.00619. The first-order valence-corrected chi connectivity index (χ1v) is 5.07. The number of carboxylic acids is 1. The Bertz CT molecular complexity index is 195. The lowest BCUT2D eigenvalue weighted by Crippen LogP contribution is -2.36. The van der Waals surface area contributed by atoms with Crippen LogP contribution >= 0.6 is 0 Å². The Balaban J connectivity index is 2.24. The molecule has 14 heavy (non-hydrogen) atoms. The Kier molecular flexibility index (Phi) is 3.92. The quantitative estimate of drug-likeness (QED) is 0.716. The average molecular weight is 199 g/mol. The Morgan fingerprint density at radius 2 is 1.86 bits per heavy atom. The van der Waals surface area contributed by atoms with Gasteiger partial charge in [-0.05, 0) is 31.6 Å². The van der Waals surface area contributed by atoms with Gasteiger partial charge in [0.25, 0.3) is 0 Å². The third-order valence-electron chi connectivity index (χ3n) is 2.72.